The van der Waals surface area contributed by atoms with Crippen LogP contribution in [-0.2, 0) is 12.4 Å². The average Bonchev–Trinajstić information content (AvgIpc) is 2.56. The zero-order valence-corrected chi connectivity index (χ0v) is 14.0. The van der Waals surface area contributed by atoms with Gasteiger partial charge in [-0.05, 0) is 18.2 Å². The number of amides is 2. The van der Waals surface area contributed by atoms with E-state index in [1.54, 1.807) is 0 Å². The maximum absolute atomic E-state index is 12.9. The van der Waals surface area contributed by atoms with Crippen LogP contribution >= 0.6 is 0 Å². The molecule has 2 amide bonds. The predicted molar refractivity (Wildman–Crippen MR) is 85.7 cm³/mol. The van der Waals surface area contributed by atoms with Crippen LogP contribution < -0.4 is 10.1 Å². The number of carbonyl (C=O) groups excluding carboxylic acids is 1. The van der Waals surface area contributed by atoms with Gasteiger partial charge in [0.25, 0.3) is 0 Å². The maximum atomic E-state index is 12.9. The summed E-state index contributed by atoms with van der Waals surface area (Å²) in [5.41, 5.74) is -2.29. The van der Waals surface area contributed by atoms with Gasteiger partial charge in [-0.15, -0.1) is 0 Å². The number of pyridine rings is 1. The van der Waals surface area contributed by atoms with Crippen LogP contribution in [0.4, 0.5) is 36.8 Å². The molecular formula is C17H13F6N3O2. The fourth-order valence-corrected chi connectivity index (χ4v) is 2.53. The second-order valence-electron chi connectivity index (χ2n) is 6.00. The van der Waals surface area contributed by atoms with Crippen LogP contribution in [0.3, 0.4) is 0 Å². The second-order valence-corrected chi connectivity index (χ2v) is 6.00. The van der Waals surface area contributed by atoms with Crippen LogP contribution in [0.25, 0.3) is 0 Å². The van der Waals surface area contributed by atoms with E-state index < -0.39 is 35.6 Å². The monoisotopic (exact) mass is 405 g/mol. The zero-order chi connectivity index (χ0) is 20.5. The highest BCUT2D eigenvalue weighted by Crippen LogP contribution is 2.35. The second kappa shape index (κ2) is 7.21. The lowest BCUT2D eigenvalue weighted by Gasteiger charge is -2.38. The highest BCUT2D eigenvalue weighted by molar-refractivity contribution is 5.90. The number of hydrogen-bond donors (Lipinski definition) is 1. The lowest BCUT2D eigenvalue weighted by molar-refractivity contribution is -0.138. The molecule has 1 aromatic carbocycles. The summed E-state index contributed by atoms with van der Waals surface area (Å²) in [6, 6.07) is 5.29. The normalized spacial score (nSPS) is 15.1. The number of likely N-dealkylation sites (tertiary alicyclic amines) is 1. The van der Waals surface area contributed by atoms with E-state index in [1.807, 2.05) is 0 Å². The number of rotatable bonds is 3. The van der Waals surface area contributed by atoms with Gasteiger partial charge in [-0.2, -0.15) is 26.3 Å². The van der Waals surface area contributed by atoms with Gasteiger partial charge in [0.1, 0.15) is 6.10 Å². The van der Waals surface area contributed by atoms with Crippen LogP contribution in [0.15, 0.2) is 42.6 Å². The third kappa shape index (κ3) is 4.46. The number of benzene rings is 1. The summed E-state index contributed by atoms with van der Waals surface area (Å²) in [5, 5.41) is 2.18. The molecule has 1 aliphatic rings. The van der Waals surface area contributed by atoms with Crippen molar-refractivity contribution in [3.63, 3.8) is 0 Å². The number of para-hydroxylation sites is 1. The predicted octanol–water partition coefficient (Wildman–Crippen LogP) is 4.41. The molecule has 11 heteroatoms. The Morgan fingerprint density at radius 3 is 2.39 bits per heavy atom. The molecule has 1 saturated heterocycles. The number of nitrogens with one attached hydrogen (secondary N) is 1. The highest BCUT2D eigenvalue weighted by Gasteiger charge is 2.37. The molecule has 150 valence electrons. The van der Waals surface area contributed by atoms with Crippen molar-refractivity contribution >= 4 is 11.7 Å². The number of nitrogens with zero attached hydrogens (tertiary/aromatic N) is 2. The number of hydrogen-bond acceptors (Lipinski definition) is 3. The van der Waals surface area contributed by atoms with Gasteiger partial charge in [-0.1, -0.05) is 12.1 Å². The molecule has 3 rings (SSSR count). The Balaban J connectivity index is 1.57. The maximum Gasteiger partial charge on any atom is 0.418 e. The molecule has 0 saturated carbocycles. The molecule has 0 bridgehead atoms. The molecule has 0 aliphatic carbocycles. The van der Waals surface area contributed by atoms with E-state index in [9.17, 15) is 31.1 Å². The summed E-state index contributed by atoms with van der Waals surface area (Å²) in [6.07, 6.45) is -8.83. The largest absolute Gasteiger partial charge is 0.471 e. The molecule has 0 unspecified atom stereocenters. The summed E-state index contributed by atoms with van der Waals surface area (Å²) >= 11 is 0. The number of urea groups is 1. The van der Waals surface area contributed by atoms with Crippen LogP contribution in [0.1, 0.15) is 11.1 Å². The first kappa shape index (κ1) is 19.8. The topological polar surface area (TPSA) is 54.5 Å². The minimum absolute atomic E-state index is 0.00204. The Kier molecular flexibility index (Phi) is 5.09. The van der Waals surface area contributed by atoms with Gasteiger partial charge < -0.3 is 15.0 Å². The van der Waals surface area contributed by atoms with Crippen molar-refractivity contribution in [1.29, 1.82) is 0 Å². The first-order valence-corrected chi connectivity index (χ1v) is 7.96. The minimum atomic E-state index is -4.63. The zero-order valence-electron chi connectivity index (χ0n) is 14.0. The van der Waals surface area contributed by atoms with Crippen LogP contribution in [0, 0.1) is 0 Å². The van der Waals surface area contributed by atoms with E-state index in [0.29, 0.717) is 0 Å². The molecule has 0 radical (unpaired) electrons. The van der Waals surface area contributed by atoms with Crippen molar-refractivity contribution in [2.75, 3.05) is 18.4 Å². The van der Waals surface area contributed by atoms with E-state index in [1.165, 1.54) is 17.0 Å². The standard InChI is InChI=1S/C17H13F6N3O2/c18-16(19,20)10-5-6-24-14(7-10)28-11-8-26(9-11)15(27)25-13-4-2-1-3-12(13)17(21,22)23/h1-7,11H,8-9H2,(H,25,27). The average molecular weight is 405 g/mol. The Hall–Kier alpha value is -2.98. The third-order valence-corrected chi connectivity index (χ3v) is 3.96. The van der Waals surface area contributed by atoms with Gasteiger partial charge in [0.2, 0.25) is 5.88 Å². The Labute approximate surface area is 154 Å². The van der Waals surface area contributed by atoms with Crippen molar-refractivity contribution in [3.05, 3.63) is 53.7 Å². The molecule has 2 aromatic rings. The van der Waals surface area contributed by atoms with E-state index in [4.69, 9.17) is 4.74 Å². The van der Waals surface area contributed by atoms with Crippen molar-refractivity contribution < 1.29 is 35.9 Å². The first-order chi connectivity index (χ1) is 13.0. The van der Waals surface area contributed by atoms with Crippen molar-refractivity contribution in [2.24, 2.45) is 0 Å². The van der Waals surface area contributed by atoms with Crippen molar-refractivity contribution in [1.82, 2.24) is 9.88 Å². The highest BCUT2D eigenvalue weighted by atomic mass is 19.4. The number of aromatic nitrogens is 1. The molecule has 28 heavy (non-hydrogen) atoms. The molecule has 2 heterocycles. The van der Waals surface area contributed by atoms with Gasteiger partial charge in [0, 0.05) is 12.3 Å². The molecule has 1 fully saturated rings. The first-order valence-electron chi connectivity index (χ1n) is 7.96. The van der Waals surface area contributed by atoms with E-state index in [2.05, 4.69) is 10.3 Å². The lowest BCUT2D eigenvalue weighted by atomic mass is 10.1. The number of ether oxygens (including phenoxy) is 1. The molecule has 0 spiro atoms. The minimum Gasteiger partial charge on any atom is -0.471 e. The molecule has 1 N–H and O–H groups in total. The Morgan fingerprint density at radius 1 is 1.07 bits per heavy atom. The van der Waals surface area contributed by atoms with Crippen LogP contribution in [0.2, 0.25) is 0 Å². The van der Waals surface area contributed by atoms with E-state index in [0.717, 1.165) is 30.5 Å². The number of anilines is 1. The summed E-state index contributed by atoms with van der Waals surface area (Å²) in [5.74, 6) is -0.248. The molecule has 1 aromatic heterocycles. The summed E-state index contributed by atoms with van der Waals surface area (Å²) < 4.78 is 82.1. The van der Waals surface area contributed by atoms with Crippen molar-refractivity contribution in [2.45, 2.75) is 18.5 Å². The van der Waals surface area contributed by atoms with Gasteiger partial charge in [-0.25, -0.2) is 9.78 Å². The molecular weight excluding hydrogens is 392 g/mol. The molecule has 0 atom stereocenters. The van der Waals surface area contributed by atoms with Gasteiger partial charge in [-0.3, -0.25) is 0 Å². The van der Waals surface area contributed by atoms with Gasteiger partial charge in [0.15, 0.2) is 0 Å². The Morgan fingerprint density at radius 2 is 1.75 bits per heavy atom. The fraction of sp³-hybridized carbons (Fsp3) is 0.294. The Bertz CT molecular complexity index is 862. The smallest absolute Gasteiger partial charge is 0.418 e. The quantitative estimate of drug-likeness (QED) is 0.770. The van der Waals surface area contributed by atoms with E-state index >= 15 is 0 Å². The number of halogens is 6. The molecule has 5 nitrogen and oxygen atoms in total. The van der Waals surface area contributed by atoms with Gasteiger partial charge >= 0.3 is 18.4 Å². The van der Waals surface area contributed by atoms with Crippen LogP contribution in [-0.4, -0.2) is 35.1 Å². The van der Waals surface area contributed by atoms with Gasteiger partial charge in [0.05, 0.1) is 29.9 Å². The number of carbonyl (C=O) groups is 1. The summed E-state index contributed by atoms with van der Waals surface area (Å²) in [4.78, 5) is 16.9. The lowest BCUT2D eigenvalue weighted by Crippen LogP contribution is -2.57. The number of alkyl halides is 6. The van der Waals surface area contributed by atoms with Crippen molar-refractivity contribution in [3.8, 4) is 5.88 Å². The molecule has 1 aliphatic heterocycles. The van der Waals surface area contributed by atoms with Crippen LogP contribution in [0.5, 0.6) is 5.88 Å². The summed E-state index contributed by atoms with van der Waals surface area (Å²) in [6.45, 7) is -0.00408. The SMILES string of the molecule is O=C(Nc1ccccc1C(F)(F)F)N1CC(Oc2cc(C(F)(F)F)ccn2)C1. The summed E-state index contributed by atoms with van der Waals surface area (Å²) in [7, 11) is 0. The fourth-order valence-electron chi connectivity index (χ4n) is 2.53. The third-order valence-electron chi connectivity index (χ3n) is 3.96. The van der Waals surface area contributed by atoms with E-state index in [-0.39, 0.29) is 24.7 Å².